The lowest BCUT2D eigenvalue weighted by atomic mass is 10.0. The van der Waals surface area contributed by atoms with Crippen molar-refractivity contribution < 1.29 is 28.6 Å². The molecule has 1 aliphatic heterocycles. The van der Waals surface area contributed by atoms with Gasteiger partial charge < -0.3 is 24.8 Å². The summed E-state index contributed by atoms with van der Waals surface area (Å²) in [6.45, 7) is 0.939. The number of carbonyl (C=O) groups excluding carboxylic acids is 3. The maximum absolute atomic E-state index is 12.8. The summed E-state index contributed by atoms with van der Waals surface area (Å²) < 4.78 is 15.6. The number of esters is 1. The molecule has 2 aromatic rings. The highest BCUT2D eigenvalue weighted by Gasteiger charge is 2.56. The van der Waals surface area contributed by atoms with Crippen molar-refractivity contribution in [3.63, 3.8) is 0 Å². The molecule has 2 aliphatic rings. The van der Waals surface area contributed by atoms with Gasteiger partial charge in [0.25, 0.3) is 0 Å². The van der Waals surface area contributed by atoms with Gasteiger partial charge in [-0.2, -0.15) is 0 Å². The van der Waals surface area contributed by atoms with Crippen LogP contribution in [0.3, 0.4) is 0 Å². The third kappa shape index (κ3) is 3.73. The van der Waals surface area contributed by atoms with Gasteiger partial charge in [0.1, 0.15) is 18.6 Å². The minimum Gasteiger partial charge on any atom is -0.486 e. The number of hydrogen-bond donors (Lipinski definition) is 2. The number of benzene rings is 2. The van der Waals surface area contributed by atoms with Crippen LogP contribution in [0.1, 0.15) is 23.2 Å². The number of carbonyl (C=O) groups is 3. The first-order valence-electron chi connectivity index (χ1n) is 9.23. The fourth-order valence-corrected chi connectivity index (χ4v) is 3.11. The van der Waals surface area contributed by atoms with E-state index in [9.17, 15) is 14.4 Å². The lowest BCUT2D eigenvalue weighted by Gasteiger charge is -2.20. The zero-order valence-corrected chi connectivity index (χ0v) is 15.8. The van der Waals surface area contributed by atoms with Crippen LogP contribution in [0.2, 0.25) is 0 Å². The van der Waals surface area contributed by atoms with E-state index in [1.165, 1.54) is 7.11 Å². The van der Waals surface area contributed by atoms with Crippen LogP contribution in [0, 0.1) is 5.41 Å². The average Bonchev–Trinajstić information content (AvgIpc) is 3.56. The number of nitrogens with one attached hydrogen (secondary N) is 2. The third-order valence-corrected chi connectivity index (χ3v) is 4.98. The Bertz CT molecular complexity index is 966. The molecule has 0 spiro atoms. The Morgan fingerprint density at radius 1 is 0.862 bits per heavy atom. The van der Waals surface area contributed by atoms with Crippen LogP contribution >= 0.6 is 0 Å². The van der Waals surface area contributed by atoms with Gasteiger partial charge >= 0.3 is 5.97 Å². The highest BCUT2D eigenvalue weighted by molar-refractivity contribution is 6.17. The zero-order valence-electron chi connectivity index (χ0n) is 15.8. The summed E-state index contributed by atoms with van der Waals surface area (Å²) in [6.07, 6.45) is 0.935. The van der Waals surface area contributed by atoms with E-state index in [0.29, 0.717) is 54.5 Å². The second kappa shape index (κ2) is 7.46. The Labute approximate surface area is 167 Å². The Hall–Kier alpha value is -3.55. The van der Waals surface area contributed by atoms with Gasteiger partial charge in [0.2, 0.25) is 11.8 Å². The minimum atomic E-state index is -1.10. The van der Waals surface area contributed by atoms with Gasteiger partial charge in [-0.05, 0) is 49.2 Å². The molecule has 0 atom stereocenters. The summed E-state index contributed by atoms with van der Waals surface area (Å²) in [5, 5.41) is 5.55. The van der Waals surface area contributed by atoms with E-state index < -0.39 is 11.4 Å². The highest BCUT2D eigenvalue weighted by Crippen LogP contribution is 2.47. The van der Waals surface area contributed by atoms with Gasteiger partial charge in [-0.15, -0.1) is 0 Å². The van der Waals surface area contributed by atoms with Crippen LogP contribution in [0.5, 0.6) is 11.5 Å². The number of amides is 2. The van der Waals surface area contributed by atoms with E-state index in [1.54, 1.807) is 42.5 Å². The molecule has 0 radical (unpaired) electrons. The second-order valence-electron chi connectivity index (χ2n) is 6.92. The van der Waals surface area contributed by atoms with Crippen LogP contribution in [0.25, 0.3) is 0 Å². The van der Waals surface area contributed by atoms with Crippen LogP contribution in [-0.4, -0.2) is 38.1 Å². The zero-order chi connectivity index (χ0) is 20.4. The molecule has 0 saturated heterocycles. The SMILES string of the molecule is COC(=O)c1ccc(NC(=O)C2(C(=O)Nc3ccc4c(c3)OCCO4)CC2)cc1. The van der Waals surface area contributed by atoms with Crippen molar-refractivity contribution in [1.29, 1.82) is 0 Å². The van der Waals surface area contributed by atoms with Crippen molar-refractivity contribution in [3.05, 3.63) is 48.0 Å². The molecule has 8 heteroatoms. The monoisotopic (exact) mass is 396 g/mol. The van der Waals surface area contributed by atoms with Crippen molar-refractivity contribution in [2.45, 2.75) is 12.8 Å². The van der Waals surface area contributed by atoms with Crippen molar-refractivity contribution in [3.8, 4) is 11.5 Å². The normalized spacial score (nSPS) is 15.8. The molecule has 1 aliphatic carbocycles. The molecule has 1 heterocycles. The van der Waals surface area contributed by atoms with E-state index in [2.05, 4.69) is 15.4 Å². The molecule has 2 amide bonds. The first kappa shape index (κ1) is 18.8. The van der Waals surface area contributed by atoms with E-state index in [-0.39, 0.29) is 11.8 Å². The largest absolute Gasteiger partial charge is 0.486 e. The van der Waals surface area contributed by atoms with Crippen molar-refractivity contribution in [2.75, 3.05) is 31.0 Å². The van der Waals surface area contributed by atoms with E-state index in [1.807, 2.05) is 0 Å². The maximum atomic E-state index is 12.8. The van der Waals surface area contributed by atoms with Crippen LogP contribution in [0.4, 0.5) is 11.4 Å². The second-order valence-corrected chi connectivity index (χ2v) is 6.92. The Balaban J connectivity index is 1.42. The third-order valence-electron chi connectivity index (χ3n) is 4.98. The molecule has 8 nitrogen and oxygen atoms in total. The van der Waals surface area contributed by atoms with Gasteiger partial charge in [0.15, 0.2) is 11.5 Å². The fraction of sp³-hybridized carbons (Fsp3) is 0.286. The summed E-state index contributed by atoms with van der Waals surface area (Å²) in [7, 11) is 1.30. The summed E-state index contributed by atoms with van der Waals surface area (Å²) >= 11 is 0. The smallest absolute Gasteiger partial charge is 0.337 e. The van der Waals surface area contributed by atoms with Crippen LogP contribution in [-0.2, 0) is 14.3 Å². The molecule has 0 bridgehead atoms. The lowest BCUT2D eigenvalue weighted by Crippen LogP contribution is -2.35. The Morgan fingerprint density at radius 2 is 1.45 bits per heavy atom. The molecule has 4 rings (SSSR count). The molecular formula is C21H20N2O6. The number of ether oxygens (including phenoxy) is 3. The maximum Gasteiger partial charge on any atom is 0.337 e. The summed E-state index contributed by atoms with van der Waals surface area (Å²) in [4.78, 5) is 37.0. The molecule has 29 heavy (non-hydrogen) atoms. The van der Waals surface area contributed by atoms with Gasteiger partial charge in [0, 0.05) is 17.4 Å². The number of rotatable bonds is 5. The molecule has 2 N–H and O–H groups in total. The quantitative estimate of drug-likeness (QED) is 0.595. The molecule has 0 aromatic heterocycles. The summed E-state index contributed by atoms with van der Waals surface area (Å²) in [5.41, 5.74) is 0.318. The summed E-state index contributed by atoms with van der Waals surface area (Å²) in [5.74, 6) is -0.00543. The highest BCUT2D eigenvalue weighted by atomic mass is 16.6. The van der Waals surface area contributed by atoms with E-state index in [0.717, 1.165) is 0 Å². The number of methoxy groups -OCH3 is 1. The minimum absolute atomic E-state index is 0.363. The first-order valence-corrected chi connectivity index (χ1v) is 9.23. The van der Waals surface area contributed by atoms with Crippen molar-refractivity contribution >= 4 is 29.2 Å². The van der Waals surface area contributed by atoms with E-state index in [4.69, 9.17) is 9.47 Å². The summed E-state index contributed by atoms with van der Waals surface area (Å²) in [6, 6.07) is 11.4. The first-order chi connectivity index (χ1) is 14.0. The predicted octanol–water partition coefficient (Wildman–Crippen LogP) is 2.60. The molecule has 2 aromatic carbocycles. The predicted molar refractivity (Wildman–Crippen MR) is 104 cm³/mol. The number of hydrogen-bond acceptors (Lipinski definition) is 6. The van der Waals surface area contributed by atoms with E-state index >= 15 is 0 Å². The lowest BCUT2D eigenvalue weighted by molar-refractivity contribution is -0.131. The number of fused-ring (bicyclic) bond motifs is 1. The standard InChI is InChI=1S/C21H20N2O6/c1-27-18(24)13-2-4-14(5-3-13)22-19(25)21(8-9-21)20(26)23-15-6-7-16-17(12-15)29-11-10-28-16/h2-7,12H,8-11H2,1H3,(H,22,25)(H,23,26). The number of anilines is 2. The Kier molecular flexibility index (Phi) is 4.84. The molecular weight excluding hydrogens is 376 g/mol. The fourth-order valence-electron chi connectivity index (χ4n) is 3.11. The molecule has 1 fully saturated rings. The van der Waals surface area contributed by atoms with Crippen molar-refractivity contribution in [1.82, 2.24) is 0 Å². The topological polar surface area (TPSA) is 103 Å². The van der Waals surface area contributed by atoms with Gasteiger partial charge in [-0.25, -0.2) is 4.79 Å². The Morgan fingerprint density at radius 3 is 2.07 bits per heavy atom. The van der Waals surface area contributed by atoms with Crippen LogP contribution < -0.4 is 20.1 Å². The van der Waals surface area contributed by atoms with Gasteiger partial charge in [-0.1, -0.05) is 0 Å². The molecule has 0 unspecified atom stereocenters. The molecule has 1 saturated carbocycles. The average molecular weight is 396 g/mol. The molecule has 150 valence electrons. The van der Waals surface area contributed by atoms with Gasteiger partial charge in [0.05, 0.1) is 12.7 Å². The van der Waals surface area contributed by atoms with Crippen LogP contribution in [0.15, 0.2) is 42.5 Å². The van der Waals surface area contributed by atoms with Crippen molar-refractivity contribution in [2.24, 2.45) is 5.41 Å². The van der Waals surface area contributed by atoms with Gasteiger partial charge in [-0.3, -0.25) is 9.59 Å².